The summed E-state index contributed by atoms with van der Waals surface area (Å²) in [4.78, 5) is 2.02. The number of nitrogens with zero attached hydrogens (tertiary/aromatic N) is 3. The lowest BCUT2D eigenvalue weighted by Crippen LogP contribution is -2.52. The second kappa shape index (κ2) is 6.14. The molecule has 1 fully saturated rings. The summed E-state index contributed by atoms with van der Waals surface area (Å²) in [5.41, 5.74) is 5.53. The molecule has 4 nitrogen and oxygen atoms in total. The predicted octanol–water partition coefficient (Wildman–Crippen LogP) is 2.42. The Morgan fingerprint density at radius 2 is 2.05 bits per heavy atom. The van der Waals surface area contributed by atoms with E-state index in [1.54, 1.807) is 0 Å². The average molecular weight is 327 g/mol. The smallest absolute Gasteiger partial charge is 0.327 e. The van der Waals surface area contributed by atoms with E-state index in [-0.39, 0.29) is 36.0 Å². The predicted molar refractivity (Wildman–Crippen MR) is 77.1 cm³/mol. The van der Waals surface area contributed by atoms with Gasteiger partial charge in [-0.25, -0.2) is 0 Å². The van der Waals surface area contributed by atoms with E-state index in [0.717, 1.165) is 17.6 Å². The van der Waals surface area contributed by atoms with Crippen LogP contribution in [0.4, 0.5) is 13.2 Å². The van der Waals surface area contributed by atoms with Crippen LogP contribution in [0.3, 0.4) is 0 Å². The lowest BCUT2D eigenvalue weighted by molar-refractivity contribution is -0.144. The third kappa shape index (κ3) is 3.90. The second-order valence-corrected chi connectivity index (χ2v) is 6.23. The van der Waals surface area contributed by atoms with Crippen molar-refractivity contribution in [2.45, 2.75) is 39.0 Å². The average Bonchev–Trinajstić information content (AvgIpc) is 2.64. The van der Waals surface area contributed by atoms with Crippen LogP contribution in [0, 0.1) is 5.41 Å². The van der Waals surface area contributed by atoms with Gasteiger partial charge in [0.05, 0.1) is 6.20 Å². The molecular formula is C13H22ClF3N4. The van der Waals surface area contributed by atoms with Crippen LogP contribution in [-0.4, -0.2) is 33.8 Å². The maximum Gasteiger partial charge on any atom is 0.433 e. The number of rotatable bonds is 2. The lowest BCUT2D eigenvalue weighted by atomic mass is 9.79. The van der Waals surface area contributed by atoms with E-state index in [2.05, 4.69) is 18.9 Å². The minimum absolute atomic E-state index is 0. The minimum Gasteiger partial charge on any atom is -0.327 e. The highest BCUT2D eigenvalue weighted by Crippen LogP contribution is 2.34. The van der Waals surface area contributed by atoms with Gasteiger partial charge in [-0.15, -0.1) is 12.4 Å². The van der Waals surface area contributed by atoms with Gasteiger partial charge in [0.2, 0.25) is 0 Å². The van der Waals surface area contributed by atoms with Crippen molar-refractivity contribution >= 4 is 12.4 Å². The molecule has 1 atom stereocenters. The van der Waals surface area contributed by atoms with Gasteiger partial charge in [-0.1, -0.05) is 13.8 Å². The molecule has 2 rings (SSSR count). The molecule has 21 heavy (non-hydrogen) atoms. The molecule has 1 aliphatic heterocycles. The first-order valence-electron chi connectivity index (χ1n) is 6.67. The molecule has 122 valence electrons. The van der Waals surface area contributed by atoms with Crippen LogP contribution in [-0.2, 0) is 19.8 Å². The Labute approximate surface area is 128 Å². The van der Waals surface area contributed by atoms with Crippen molar-refractivity contribution in [2.24, 2.45) is 18.2 Å². The number of hydrogen-bond donors (Lipinski definition) is 1. The summed E-state index contributed by atoms with van der Waals surface area (Å²) in [7, 11) is 1.32. The summed E-state index contributed by atoms with van der Waals surface area (Å²) in [5, 5.41) is 3.75. The van der Waals surface area contributed by atoms with E-state index in [4.69, 9.17) is 5.73 Å². The summed E-state index contributed by atoms with van der Waals surface area (Å²) >= 11 is 0. The molecule has 2 N–H and O–H groups in total. The summed E-state index contributed by atoms with van der Waals surface area (Å²) in [6.07, 6.45) is -2.26. The van der Waals surface area contributed by atoms with Gasteiger partial charge in [-0.2, -0.15) is 18.3 Å². The molecule has 1 unspecified atom stereocenters. The maximum absolute atomic E-state index is 13.0. The molecule has 1 aliphatic rings. The Morgan fingerprint density at radius 3 is 2.57 bits per heavy atom. The van der Waals surface area contributed by atoms with E-state index in [9.17, 15) is 13.2 Å². The standard InChI is InChI=1S/C13H21F3N4.ClH/c1-12(2)8-20(5-4-10(12)17)7-9-6-18-19(3)11(9)13(14,15)16;/h6,10H,4-5,7-8,17H2,1-3H3;1H. The Balaban J connectivity index is 0.00000220. The fourth-order valence-electron chi connectivity index (χ4n) is 2.83. The van der Waals surface area contributed by atoms with Crippen LogP contribution in [0.5, 0.6) is 0 Å². The van der Waals surface area contributed by atoms with Gasteiger partial charge in [-0.3, -0.25) is 9.58 Å². The van der Waals surface area contributed by atoms with Gasteiger partial charge < -0.3 is 5.73 Å². The number of likely N-dealkylation sites (tertiary alicyclic amines) is 1. The third-order valence-electron chi connectivity index (χ3n) is 4.07. The van der Waals surface area contributed by atoms with Crippen LogP contribution in [0.25, 0.3) is 0 Å². The summed E-state index contributed by atoms with van der Waals surface area (Å²) in [6.45, 7) is 5.78. The third-order valence-corrected chi connectivity index (χ3v) is 4.07. The SMILES string of the molecule is Cl.Cn1ncc(CN2CCC(N)C(C)(C)C2)c1C(F)(F)F. The normalized spacial score (nSPS) is 22.9. The molecule has 1 saturated heterocycles. The van der Waals surface area contributed by atoms with Gasteiger partial charge in [0.25, 0.3) is 0 Å². The van der Waals surface area contributed by atoms with Crippen LogP contribution < -0.4 is 5.73 Å². The highest BCUT2D eigenvalue weighted by Gasteiger charge is 2.39. The van der Waals surface area contributed by atoms with Gasteiger partial charge >= 0.3 is 6.18 Å². The first-order chi connectivity index (χ1) is 9.11. The molecule has 0 radical (unpaired) electrons. The number of alkyl halides is 3. The van der Waals surface area contributed by atoms with E-state index < -0.39 is 11.9 Å². The quantitative estimate of drug-likeness (QED) is 0.908. The van der Waals surface area contributed by atoms with E-state index in [1.165, 1.54) is 13.2 Å². The van der Waals surface area contributed by atoms with Crippen molar-refractivity contribution in [3.63, 3.8) is 0 Å². The number of aromatic nitrogens is 2. The van der Waals surface area contributed by atoms with E-state index in [0.29, 0.717) is 6.54 Å². The van der Waals surface area contributed by atoms with Gasteiger partial charge in [0.1, 0.15) is 5.69 Å². The first kappa shape index (κ1) is 18.3. The fraction of sp³-hybridized carbons (Fsp3) is 0.769. The molecule has 1 aromatic heterocycles. The van der Waals surface area contributed by atoms with Crippen LogP contribution in [0.1, 0.15) is 31.5 Å². The zero-order valence-corrected chi connectivity index (χ0v) is 13.3. The highest BCUT2D eigenvalue weighted by atomic mass is 35.5. The molecule has 0 aliphatic carbocycles. The van der Waals surface area contributed by atoms with Gasteiger partial charge in [0.15, 0.2) is 0 Å². The van der Waals surface area contributed by atoms with E-state index >= 15 is 0 Å². The van der Waals surface area contributed by atoms with Crippen molar-refractivity contribution in [3.05, 3.63) is 17.5 Å². The number of halogens is 4. The van der Waals surface area contributed by atoms with Crippen molar-refractivity contribution in [1.29, 1.82) is 0 Å². The molecule has 8 heteroatoms. The minimum atomic E-state index is -4.37. The van der Waals surface area contributed by atoms with Crippen molar-refractivity contribution in [3.8, 4) is 0 Å². The molecule has 0 aromatic carbocycles. The second-order valence-electron chi connectivity index (χ2n) is 6.23. The maximum atomic E-state index is 13.0. The Hall–Kier alpha value is -0.790. The van der Waals surface area contributed by atoms with Crippen LogP contribution in [0.2, 0.25) is 0 Å². The molecule has 0 bridgehead atoms. The topological polar surface area (TPSA) is 47.1 Å². The lowest BCUT2D eigenvalue weighted by Gasteiger charge is -2.42. The van der Waals surface area contributed by atoms with Crippen molar-refractivity contribution in [2.75, 3.05) is 13.1 Å². The molecular weight excluding hydrogens is 305 g/mol. The first-order valence-corrected chi connectivity index (χ1v) is 6.67. The molecule has 0 amide bonds. The molecule has 1 aromatic rings. The number of aryl methyl sites for hydroxylation is 1. The number of piperidine rings is 1. The Kier molecular flexibility index (Phi) is 5.34. The molecule has 0 spiro atoms. The largest absolute Gasteiger partial charge is 0.433 e. The monoisotopic (exact) mass is 326 g/mol. The van der Waals surface area contributed by atoms with Gasteiger partial charge in [0, 0.05) is 38.3 Å². The number of nitrogens with two attached hydrogens (primary N) is 1. The van der Waals surface area contributed by atoms with E-state index in [1.807, 2.05) is 4.90 Å². The highest BCUT2D eigenvalue weighted by molar-refractivity contribution is 5.85. The van der Waals surface area contributed by atoms with Crippen molar-refractivity contribution < 1.29 is 13.2 Å². The molecule has 0 saturated carbocycles. The Morgan fingerprint density at radius 1 is 1.43 bits per heavy atom. The zero-order valence-electron chi connectivity index (χ0n) is 12.4. The summed E-state index contributed by atoms with van der Waals surface area (Å²) in [5.74, 6) is 0. The fourth-order valence-corrected chi connectivity index (χ4v) is 2.83. The summed E-state index contributed by atoms with van der Waals surface area (Å²) < 4.78 is 39.9. The number of hydrogen-bond acceptors (Lipinski definition) is 3. The summed E-state index contributed by atoms with van der Waals surface area (Å²) in [6, 6.07) is 0.0923. The Bertz CT molecular complexity index is 484. The van der Waals surface area contributed by atoms with Crippen molar-refractivity contribution in [1.82, 2.24) is 14.7 Å². The molecule has 2 heterocycles. The van der Waals surface area contributed by atoms with Crippen LogP contribution in [0.15, 0.2) is 6.20 Å². The zero-order chi connectivity index (χ0) is 15.1. The van der Waals surface area contributed by atoms with Crippen LogP contribution >= 0.6 is 12.4 Å². The van der Waals surface area contributed by atoms with Gasteiger partial charge in [-0.05, 0) is 11.8 Å².